The van der Waals surface area contributed by atoms with Crippen LogP contribution in [0.2, 0.25) is 0 Å². The Morgan fingerprint density at radius 1 is 1.43 bits per heavy atom. The van der Waals surface area contributed by atoms with Gasteiger partial charge in [-0.1, -0.05) is 13.0 Å². The van der Waals surface area contributed by atoms with E-state index in [2.05, 4.69) is 15.3 Å². The lowest BCUT2D eigenvalue weighted by molar-refractivity contribution is 0.572. The van der Waals surface area contributed by atoms with E-state index in [4.69, 9.17) is 0 Å². The van der Waals surface area contributed by atoms with E-state index >= 15 is 0 Å². The average molecular weight is 307 g/mol. The summed E-state index contributed by atoms with van der Waals surface area (Å²) in [6.07, 6.45) is 0. The molecular formula is C15H18FN3OS. The van der Waals surface area contributed by atoms with Gasteiger partial charge in [0.05, 0.1) is 4.90 Å². The molecule has 1 atom stereocenters. The predicted molar refractivity (Wildman–Crippen MR) is 82.2 cm³/mol. The maximum absolute atomic E-state index is 14.2. The first-order valence-corrected chi connectivity index (χ1v) is 7.60. The molecule has 1 heterocycles. The Hall–Kier alpha value is -1.66. The highest BCUT2D eigenvalue weighted by Gasteiger charge is 2.10. The molecule has 0 aliphatic carbocycles. The van der Waals surface area contributed by atoms with E-state index in [1.165, 1.54) is 12.1 Å². The molecule has 2 aromatic rings. The number of aryl methyl sites for hydroxylation is 1. The molecule has 0 radical (unpaired) electrons. The van der Waals surface area contributed by atoms with Gasteiger partial charge in [-0.25, -0.2) is 9.37 Å². The smallest absolute Gasteiger partial charge is 0.251 e. The number of nitrogens with zero attached hydrogens (tertiary/aromatic N) is 1. The third-order valence-electron chi connectivity index (χ3n) is 3.02. The van der Waals surface area contributed by atoms with Crippen LogP contribution in [0.1, 0.15) is 31.1 Å². The first-order chi connectivity index (χ1) is 9.99. The predicted octanol–water partition coefficient (Wildman–Crippen LogP) is 3.04. The standard InChI is InChI=1S/C15H18FN3OS/c1-4-17-10(3)11-5-6-13(12(16)8-11)21-15-18-9(2)7-14(20)19-15/h5-8,10,17H,4H2,1-3H3,(H,18,19,20). The number of hydrogen-bond acceptors (Lipinski definition) is 4. The fraction of sp³-hybridized carbons (Fsp3) is 0.333. The normalized spacial score (nSPS) is 12.4. The van der Waals surface area contributed by atoms with Crippen molar-refractivity contribution in [2.75, 3.05) is 6.54 Å². The van der Waals surface area contributed by atoms with Crippen molar-refractivity contribution in [2.45, 2.75) is 36.9 Å². The molecule has 112 valence electrons. The Morgan fingerprint density at radius 2 is 2.19 bits per heavy atom. The van der Waals surface area contributed by atoms with Crippen LogP contribution in [0.5, 0.6) is 0 Å². The van der Waals surface area contributed by atoms with Crippen LogP contribution in [-0.4, -0.2) is 16.5 Å². The van der Waals surface area contributed by atoms with Gasteiger partial charge in [-0.05, 0) is 49.9 Å². The number of halogens is 1. The number of aromatic amines is 1. The van der Waals surface area contributed by atoms with Gasteiger partial charge in [-0.2, -0.15) is 0 Å². The molecule has 0 aliphatic rings. The quantitative estimate of drug-likeness (QED) is 0.834. The second-order valence-corrected chi connectivity index (χ2v) is 5.79. The molecule has 21 heavy (non-hydrogen) atoms. The molecule has 0 saturated heterocycles. The molecule has 0 bridgehead atoms. The summed E-state index contributed by atoms with van der Waals surface area (Å²) in [5, 5.41) is 3.63. The van der Waals surface area contributed by atoms with Crippen LogP contribution in [0.4, 0.5) is 4.39 Å². The van der Waals surface area contributed by atoms with Gasteiger partial charge in [-0.15, -0.1) is 0 Å². The lowest BCUT2D eigenvalue weighted by Crippen LogP contribution is -2.17. The van der Waals surface area contributed by atoms with E-state index in [1.54, 1.807) is 13.0 Å². The van der Waals surface area contributed by atoms with Gasteiger partial charge in [0.15, 0.2) is 5.16 Å². The summed E-state index contributed by atoms with van der Waals surface area (Å²) in [7, 11) is 0. The Balaban J connectivity index is 2.23. The highest BCUT2D eigenvalue weighted by atomic mass is 32.2. The molecule has 6 heteroatoms. The molecule has 0 amide bonds. The number of rotatable bonds is 5. The molecule has 1 unspecified atom stereocenters. The van der Waals surface area contributed by atoms with Gasteiger partial charge in [0, 0.05) is 17.8 Å². The van der Waals surface area contributed by atoms with Crippen molar-refractivity contribution in [1.82, 2.24) is 15.3 Å². The highest BCUT2D eigenvalue weighted by molar-refractivity contribution is 7.99. The summed E-state index contributed by atoms with van der Waals surface area (Å²) in [5.74, 6) is -0.314. The van der Waals surface area contributed by atoms with Crippen molar-refractivity contribution in [3.05, 3.63) is 51.7 Å². The first kappa shape index (κ1) is 15.7. The van der Waals surface area contributed by atoms with Crippen molar-refractivity contribution in [2.24, 2.45) is 0 Å². The van der Waals surface area contributed by atoms with E-state index in [-0.39, 0.29) is 17.4 Å². The Labute approximate surface area is 127 Å². The summed E-state index contributed by atoms with van der Waals surface area (Å²) in [5.41, 5.74) is 1.27. The number of aromatic nitrogens is 2. The van der Waals surface area contributed by atoms with Crippen LogP contribution < -0.4 is 10.9 Å². The molecular weight excluding hydrogens is 289 g/mol. The van der Waals surface area contributed by atoms with Crippen molar-refractivity contribution in [1.29, 1.82) is 0 Å². The molecule has 1 aromatic carbocycles. The third-order valence-corrected chi connectivity index (χ3v) is 3.96. The van der Waals surface area contributed by atoms with E-state index < -0.39 is 0 Å². The molecule has 2 rings (SSSR count). The van der Waals surface area contributed by atoms with E-state index in [0.29, 0.717) is 15.7 Å². The molecule has 0 fully saturated rings. The zero-order valence-corrected chi connectivity index (χ0v) is 13.1. The maximum atomic E-state index is 14.2. The highest BCUT2D eigenvalue weighted by Crippen LogP contribution is 2.28. The maximum Gasteiger partial charge on any atom is 0.251 e. The van der Waals surface area contributed by atoms with Crippen molar-refractivity contribution in [3.63, 3.8) is 0 Å². The summed E-state index contributed by atoms with van der Waals surface area (Å²) in [4.78, 5) is 18.6. The van der Waals surface area contributed by atoms with E-state index in [1.807, 2.05) is 19.9 Å². The molecule has 2 N–H and O–H groups in total. The Morgan fingerprint density at radius 3 is 2.81 bits per heavy atom. The Bertz CT molecular complexity index is 687. The third kappa shape index (κ3) is 4.15. The van der Waals surface area contributed by atoms with Gasteiger partial charge in [0.1, 0.15) is 5.82 Å². The summed E-state index contributed by atoms with van der Waals surface area (Å²) in [6.45, 7) is 6.56. The van der Waals surface area contributed by atoms with Crippen LogP contribution in [0.15, 0.2) is 39.1 Å². The second-order valence-electron chi connectivity index (χ2n) is 4.76. The van der Waals surface area contributed by atoms with Crippen molar-refractivity contribution in [3.8, 4) is 0 Å². The molecule has 0 aliphatic heterocycles. The SMILES string of the molecule is CCNC(C)c1ccc(Sc2nc(C)cc(=O)[nH]2)c(F)c1. The van der Waals surface area contributed by atoms with Gasteiger partial charge in [0.25, 0.3) is 5.56 Å². The topological polar surface area (TPSA) is 57.8 Å². The monoisotopic (exact) mass is 307 g/mol. The lowest BCUT2D eigenvalue weighted by Gasteiger charge is -2.13. The largest absolute Gasteiger partial charge is 0.310 e. The molecule has 0 saturated carbocycles. The number of nitrogens with one attached hydrogen (secondary N) is 2. The van der Waals surface area contributed by atoms with Gasteiger partial charge >= 0.3 is 0 Å². The average Bonchev–Trinajstić information content (AvgIpc) is 2.40. The van der Waals surface area contributed by atoms with Crippen LogP contribution in [-0.2, 0) is 0 Å². The van der Waals surface area contributed by atoms with Crippen LogP contribution in [0.25, 0.3) is 0 Å². The molecule has 0 spiro atoms. The minimum absolute atomic E-state index is 0.0976. The summed E-state index contributed by atoms with van der Waals surface area (Å²) < 4.78 is 14.2. The zero-order chi connectivity index (χ0) is 15.4. The zero-order valence-electron chi connectivity index (χ0n) is 12.2. The van der Waals surface area contributed by atoms with Gasteiger partial charge in [0.2, 0.25) is 0 Å². The van der Waals surface area contributed by atoms with Crippen LogP contribution in [0, 0.1) is 12.7 Å². The van der Waals surface area contributed by atoms with Crippen LogP contribution in [0.3, 0.4) is 0 Å². The van der Waals surface area contributed by atoms with Gasteiger partial charge in [-0.3, -0.25) is 4.79 Å². The summed E-state index contributed by atoms with van der Waals surface area (Å²) >= 11 is 1.11. The minimum Gasteiger partial charge on any atom is -0.310 e. The van der Waals surface area contributed by atoms with Crippen molar-refractivity contribution >= 4 is 11.8 Å². The molecule has 4 nitrogen and oxygen atoms in total. The Kier molecular flexibility index (Phi) is 5.14. The fourth-order valence-corrected chi connectivity index (χ4v) is 2.84. The fourth-order valence-electron chi connectivity index (χ4n) is 2.00. The number of H-pyrrole nitrogens is 1. The lowest BCUT2D eigenvalue weighted by atomic mass is 10.1. The first-order valence-electron chi connectivity index (χ1n) is 6.78. The van der Waals surface area contributed by atoms with E-state index in [0.717, 1.165) is 23.9 Å². The number of hydrogen-bond donors (Lipinski definition) is 2. The van der Waals surface area contributed by atoms with Gasteiger partial charge < -0.3 is 10.3 Å². The van der Waals surface area contributed by atoms with E-state index in [9.17, 15) is 9.18 Å². The van der Waals surface area contributed by atoms with Crippen molar-refractivity contribution < 1.29 is 4.39 Å². The summed E-state index contributed by atoms with van der Waals surface area (Å²) in [6, 6.07) is 6.61. The molecule has 1 aromatic heterocycles. The minimum atomic E-state index is -0.314. The second kappa shape index (κ2) is 6.87. The number of benzene rings is 1. The van der Waals surface area contributed by atoms with Crippen LogP contribution >= 0.6 is 11.8 Å².